The second-order valence-corrected chi connectivity index (χ2v) is 5.67. The van der Waals surface area contributed by atoms with Gasteiger partial charge in [0.25, 0.3) is 5.69 Å². The van der Waals surface area contributed by atoms with Crippen molar-refractivity contribution in [1.29, 1.82) is 0 Å². The van der Waals surface area contributed by atoms with Crippen molar-refractivity contribution < 1.29 is 9.72 Å². The number of nitrogens with one attached hydrogen (secondary N) is 1. The van der Waals surface area contributed by atoms with Crippen molar-refractivity contribution in [2.24, 2.45) is 5.73 Å². The summed E-state index contributed by atoms with van der Waals surface area (Å²) in [5, 5.41) is 14.1. The number of hydrogen-bond acceptors (Lipinski definition) is 5. The predicted octanol–water partition coefficient (Wildman–Crippen LogP) is 3.03. The van der Waals surface area contributed by atoms with Crippen LogP contribution in [0, 0.1) is 10.1 Å². The van der Waals surface area contributed by atoms with E-state index in [0.717, 1.165) is 12.8 Å². The Morgan fingerprint density at radius 3 is 2.67 bits per heavy atom. The summed E-state index contributed by atoms with van der Waals surface area (Å²) < 4.78 is 0. The van der Waals surface area contributed by atoms with Gasteiger partial charge in [-0.3, -0.25) is 14.9 Å². The summed E-state index contributed by atoms with van der Waals surface area (Å²) in [5.41, 5.74) is 5.58. The second-order valence-electron chi connectivity index (χ2n) is 4.69. The van der Waals surface area contributed by atoms with Gasteiger partial charge in [0, 0.05) is 18.2 Å². The Hall–Kier alpha value is -1.76. The first kappa shape index (κ1) is 17.3. The van der Waals surface area contributed by atoms with Gasteiger partial charge in [-0.2, -0.15) is 11.8 Å². The molecule has 0 unspecified atom stereocenters. The number of unbranched alkanes of at least 4 members (excludes halogenated alkanes) is 3. The van der Waals surface area contributed by atoms with Crippen LogP contribution in [0.25, 0.3) is 0 Å². The first-order valence-corrected chi connectivity index (χ1v) is 8.26. The molecule has 0 spiro atoms. The molecule has 1 aromatic carbocycles. The lowest BCUT2D eigenvalue weighted by atomic mass is 10.1. The van der Waals surface area contributed by atoms with Gasteiger partial charge in [-0.25, -0.2) is 0 Å². The first-order valence-electron chi connectivity index (χ1n) is 6.87. The molecular weight excluding hydrogens is 290 g/mol. The van der Waals surface area contributed by atoms with Crippen LogP contribution in [0.1, 0.15) is 36.0 Å². The molecule has 0 heterocycles. The van der Waals surface area contributed by atoms with Gasteiger partial charge in [0.1, 0.15) is 5.69 Å². The fourth-order valence-electron chi connectivity index (χ4n) is 1.93. The number of benzene rings is 1. The van der Waals surface area contributed by atoms with Crippen LogP contribution in [-0.4, -0.2) is 29.4 Å². The number of carbonyl (C=O) groups is 1. The maximum absolute atomic E-state index is 11.1. The molecule has 0 aliphatic heterocycles. The van der Waals surface area contributed by atoms with Gasteiger partial charge in [-0.1, -0.05) is 12.8 Å². The van der Waals surface area contributed by atoms with Gasteiger partial charge < -0.3 is 11.1 Å². The van der Waals surface area contributed by atoms with E-state index in [0.29, 0.717) is 12.2 Å². The van der Waals surface area contributed by atoms with Gasteiger partial charge in [-0.05, 0) is 37.0 Å². The number of nitro benzene ring substituents is 1. The summed E-state index contributed by atoms with van der Waals surface area (Å²) in [6.07, 6.45) is 6.53. The highest BCUT2D eigenvalue weighted by atomic mass is 32.2. The zero-order valence-corrected chi connectivity index (χ0v) is 12.9. The molecule has 0 aliphatic carbocycles. The molecule has 1 amide bonds. The van der Waals surface area contributed by atoms with Crippen molar-refractivity contribution in [3.8, 4) is 0 Å². The van der Waals surface area contributed by atoms with E-state index < -0.39 is 10.8 Å². The topological polar surface area (TPSA) is 98.3 Å². The van der Waals surface area contributed by atoms with Crippen LogP contribution >= 0.6 is 11.8 Å². The molecule has 0 fully saturated rings. The molecule has 0 saturated heterocycles. The molecule has 0 saturated carbocycles. The van der Waals surface area contributed by atoms with Gasteiger partial charge >= 0.3 is 0 Å². The molecule has 7 heteroatoms. The lowest BCUT2D eigenvalue weighted by Crippen LogP contribution is -2.12. The third-order valence-electron chi connectivity index (χ3n) is 3.07. The number of thioether (sulfide) groups is 1. The molecule has 1 rings (SSSR count). The number of anilines is 1. The van der Waals surface area contributed by atoms with Crippen molar-refractivity contribution in [1.82, 2.24) is 0 Å². The molecule has 0 aromatic heterocycles. The Bertz CT molecular complexity index is 494. The molecule has 1 aromatic rings. The van der Waals surface area contributed by atoms with Crippen molar-refractivity contribution in [3.05, 3.63) is 33.9 Å². The van der Waals surface area contributed by atoms with Crippen molar-refractivity contribution in [3.63, 3.8) is 0 Å². The fraction of sp³-hybridized carbons (Fsp3) is 0.500. The summed E-state index contributed by atoms with van der Waals surface area (Å²) in [4.78, 5) is 21.6. The molecule has 0 aliphatic rings. The second kappa shape index (κ2) is 9.23. The molecule has 0 bridgehead atoms. The van der Waals surface area contributed by atoms with E-state index in [1.165, 1.54) is 36.8 Å². The molecule has 6 nitrogen and oxygen atoms in total. The Balaban J connectivity index is 2.51. The number of primary amides is 1. The van der Waals surface area contributed by atoms with Gasteiger partial charge in [0.2, 0.25) is 5.91 Å². The van der Waals surface area contributed by atoms with Gasteiger partial charge in [-0.15, -0.1) is 0 Å². The molecule has 0 atom stereocenters. The Morgan fingerprint density at radius 2 is 2.05 bits per heavy atom. The number of amides is 1. The van der Waals surface area contributed by atoms with E-state index in [2.05, 4.69) is 11.6 Å². The standard InChI is InChI=1S/C14H21N3O3S/c1-21-9-5-3-2-4-8-16-12-7-6-11(14(15)18)10-13(12)17(19)20/h6-7,10,16H,2-5,8-9H2,1H3,(H2,15,18). The highest BCUT2D eigenvalue weighted by Crippen LogP contribution is 2.25. The molecule has 3 N–H and O–H groups in total. The third-order valence-corrected chi connectivity index (χ3v) is 3.77. The van der Waals surface area contributed by atoms with E-state index in [1.54, 1.807) is 0 Å². The Kier molecular flexibility index (Phi) is 7.60. The van der Waals surface area contributed by atoms with E-state index >= 15 is 0 Å². The SMILES string of the molecule is CSCCCCCCNc1ccc(C(N)=O)cc1[N+](=O)[O-]. The van der Waals surface area contributed by atoms with Crippen molar-refractivity contribution >= 4 is 29.0 Å². The first-order chi connectivity index (χ1) is 10.1. The fourth-order valence-corrected chi connectivity index (χ4v) is 2.43. The van der Waals surface area contributed by atoms with Crippen molar-refractivity contribution in [2.75, 3.05) is 23.9 Å². The Labute approximate surface area is 128 Å². The third kappa shape index (κ3) is 6.03. The van der Waals surface area contributed by atoms with Crippen LogP contribution < -0.4 is 11.1 Å². The Morgan fingerprint density at radius 1 is 1.33 bits per heavy atom. The quantitative estimate of drug-likeness (QED) is 0.393. The van der Waals surface area contributed by atoms with Crippen LogP contribution in [-0.2, 0) is 0 Å². The zero-order valence-electron chi connectivity index (χ0n) is 12.1. The highest BCUT2D eigenvalue weighted by molar-refractivity contribution is 7.98. The van der Waals surface area contributed by atoms with E-state index in [-0.39, 0.29) is 11.3 Å². The summed E-state index contributed by atoms with van der Waals surface area (Å²) in [6, 6.07) is 4.24. The smallest absolute Gasteiger partial charge is 0.293 e. The van der Waals surface area contributed by atoms with Crippen molar-refractivity contribution in [2.45, 2.75) is 25.7 Å². The molecule has 116 valence electrons. The number of nitro groups is 1. The number of nitrogens with zero attached hydrogens (tertiary/aromatic N) is 1. The number of hydrogen-bond donors (Lipinski definition) is 2. The average Bonchev–Trinajstić information content (AvgIpc) is 2.46. The maximum atomic E-state index is 11.1. The number of rotatable bonds is 10. The molecule has 21 heavy (non-hydrogen) atoms. The monoisotopic (exact) mass is 311 g/mol. The summed E-state index contributed by atoms with van der Waals surface area (Å²) in [5.74, 6) is 0.506. The maximum Gasteiger partial charge on any atom is 0.293 e. The number of nitrogens with two attached hydrogens (primary N) is 1. The van der Waals surface area contributed by atoms with Crippen LogP contribution in [0.4, 0.5) is 11.4 Å². The zero-order chi connectivity index (χ0) is 15.7. The van der Waals surface area contributed by atoms with Crippen LogP contribution in [0.5, 0.6) is 0 Å². The number of carbonyl (C=O) groups excluding carboxylic acids is 1. The van der Waals surface area contributed by atoms with Gasteiger partial charge in [0.05, 0.1) is 4.92 Å². The van der Waals surface area contributed by atoms with Crippen LogP contribution in [0.2, 0.25) is 0 Å². The lowest BCUT2D eigenvalue weighted by Gasteiger charge is -2.08. The summed E-state index contributed by atoms with van der Waals surface area (Å²) >= 11 is 1.84. The minimum atomic E-state index is -0.668. The largest absolute Gasteiger partial charge is 0.379 e. The summed E-state index contributed by atoms with van der Waals surface area (Å²) in [6.45, 7) is 0.677. The molecular formula is C14H21N3O3S. The summed E-state index contributed by atoms with van der Waals surface area (Å²) in [7, 11) is 0. The predicted molar refractivity (Wildman–Crippen MR) is 87.0 cm³/mol. The minimum Gasteiger partial charge on any atom is -0.379 e. The molecule has 0 radical (unpaired) electrons. The minimum absolute atomic E-state index is 0.117. The average molecular weight is 311 g/mol. The van der Waals surface area contributed by atoms with E-state index in [9.17, 15) is 14.9 Å². The highest BCUT2D eigenvalue weighted by Gasteiger charge is 2.15. The van der Waals surface area contributed by atoms with Crippen LogP contribution in [0.15, 0.2) is 18.2 Å². The lowest BCUT2D eigenvalue weighted by molar-refractivity contribution is -0.384. The van der Waals surface area contributed by atoms with E-state index in [1.807, 2.05) is 11.8 Å². The normalized spacial score (nSPS) is 10.3. The van der Waals surface area contributed by atoms with Gasteiger partial charge in [0.15, 0.2) is 0 Å². The van der Waals surface area contributed by atoms with Crippen LogP contribution in [0.3, 0.4) is 0 Å². The van der Waals surface area contributed by atoms with E-state index in [4.69, 9.17) is 5.73 Å².